The van der Waals surface area contributed by atoms with Gasteiger partial charge in [-0.05, 0) is 66.8 Å². The number of ether oxygens (including phenoxy) is 2. The fourth-order valence-corrected chi connectivity index (χ4v) is 3.82. The summed E-state index contributed by atoms with van der Waals surface area (Å²) in [5.41, 5.74) is 11.5. The van der Waals surface area contributed by atoms with Crippen LogP contribution in [0.4, 0.5) is 5.69 Å². The molecule has 0 aliphatic heterocycles. The van der Waals surface area contributed by atoms with Crippen molar-refractivity contribution in [2.75, 3.05) is 12.0 Å². The van der Waals surface area contributed by atoms with Crippen LogP contribution >= 0.6 is 0 Å². The molecule has 0 saturated carbocycles. The second kappa shape index (κ2) is 13.1. The standard InChI is InChI=1S/C31H32N2O3/c1-24(32-33-29-17-9-4-10-18-29)27-19-20-30(36-23-25-12-5-2-6-13-25)28(22-27)16-11-21-35-31(34)26-14-7-3-8-15-26/h2-10,12-15,17-20,22,24,32-33H,11,16,21,23H2,1H3. The van der Waals surface area contributed by atoms with E-state index in [4.69, 9.17) is 9.47 Å². The van der Waals surface area contributed by atoms with E-state index in [2.05, 4.69) is 42.0 Å². The molecule has 184 valence electrons. The molecule has 0 fully saturated rings. The topological polar surface area (TPSA) is 59.6 Å². The van der Waals surface area contributed by atoms with Gasteiger partial charge in [-0.1, -0.05) is 78.9 Å². The zero-order valence-electron chi connectivity index (χ0n) is 20.5. The molecule has 4 aromatic rings. The van der Waals surface area contributed by atoms with E-state index >= 15 is 0 Å². The van der Waals surface area contributed by atoms with Crippen LogP contribution in [0.5, 0.6) is 5.75 Å². The lowest BCUT2D eigenvalue weighted by Gasteiger charge is -2.19. The van der Waals surface area contributed by atoms with Crippen LogP contribution in [-0.4, -0.2) is 12.6 Å². The Morgan fingerprint density at radius 2 is 1.50 bits per heavy atom. The normalized spacial score (nSPS) is 11.5. The molecule has 4 aromatic carbocycles. The lowest BCUT2D eigenvalue weighted by atomic mass is 10.0. The first-order valence-corrected chi connectivity index (χ1v) is 12.3. The van der Waals surface area contributed by atoms with Crippen molar-refractivity contribution in [2.45, 2.75) is 32.4 Å². The Bertz CT molecular complexity index is 1210. The van der Waals surface area contributed by atoms with Crippen LogP contribution in [0.2, 0.25) is 0 Å². The Balaban J connectivity index is 1.40. The first-order chi connectivity index (χ1) is 17.7. The number of carbonyl (C=O) groups is 1. The van der Waals surface area contributed by atoms with Gasteiger partial charge in [0.25, 0.3) is 0 Å². The number of esters is 1. The molecule has 5 nitrogen and oxygen atoms in total. The van der Waals surface area contributed by atoms with Crippen molar-refractivity contribution in [1.82, 2.24) is 5.43 Å². The maximum absolute atomic E-state index is 12.3. The van der Waals surface area contributed by atoms with Gasteiger partial charge in [-0.25, -0.2) is 10.2 Å². The SMILES string of the molecule is CC(NNc1ccccc1)c1ccc(OCc2ccccc2)c(CCCOC(=O)c2ccccc2)c1. The number of rotatable bonds is 12. The third kappa shape index (κ3) is 7.45. The quantitative estimate of drug-likeness (QED) is 0.134. The molecule has 1 unspecified atom stereocenters. The number of hydrogen-bond donors (Lipinski definition) is 2. The molecular weight excluding hydrogens is 448 g/mol. The molecule has 0 radical (unpaired) electrons. The summed E-state index contributed by atoms with van der Waals surface area (Å²) in [5, 5.41) is 0. The number of nitrogens with one attached hydrogen (secondary N) is 2. The first-order valence-electron chi connectivity index (χ1n) is 12.3. The van der Waals surface area contributed by atoms with Crippen molar-refractivity contribution in [3.05, 3.63) is 131 Å². The zero-order valence-corrected chi connectivity index (χ0v) is 20.5. The van der Waals surface area contributed by atoms with Crippen LogP contribution in [0.3, 0.4) is 0 Å². The lowest BCUT2D eigenvalue weighted by Crippen LogP contribution is -2.25. The smallest absolute Gasteiger partial charge is 0.338 e. The largest absolute Gasteiger partial charge is 0.489 e. The Kier molecular flexibility index (Phi) is 9.12. The third-order valence-corrected chi connectivity index (χ3v) is 5.86. The minimum Gasteiger partial charge on any atom is -0.489 e. The van der Waals surface area contributed by atoms with Crippen molar-refractivity contribution >= 4 is 11.7 Å². The summed E-state index contributed by atoms with van der Waals surface area (Å²) in [6, 6.07) is 35.6. The van der Waals surface area contributed by atoms with Crippen LogP contribution in [0.25, 0.3) is 0 Å². The van der Waals surface area contributed by atoms with E-state index in [0.717, 1.165) is 34.5 Å². The van der Waals surface area contributed by atoms with Crippen molar-refractivity contribution in [1.29, 1.82) is 0 Å². The highest BCUT2D eigenvalue weighted by Gasteiger charge is 2.12. The number of aryl methyl sites for hydroxylation is 1. The molecule has 0 saturated heterocycles. The van der Waals surface area contributed by atoms with Gasteiger partial charge in [0.2, 0.25) is 0 Å². The second-order valence-corrected chi connectivity index (χ2v) is 8.60. The highest BCUT2D eigenvalue weighted by molar-refractivity contribution is 5.89. The minimum atomic E-state index is -0.297. The second-order valence-electron chi connectivity index (χ2n) is 8.60. The predicted octanol–water partition coefficient (Wildman–Crippen LogP) is 6.73. The highest BCUT2D eigenvalue weighted by atomic mass is 16.5. The van der Waals surface area contributed by atoms with Gasteiger partial charge in [-0.2, -0.15) is 0 Å². The van der Waals surface area contributed by atoms with Gasteiger partial charge in [-0.3, -0.25) is 0 Å². The molecule has 0 amide bonds. The molecular formula is C31H32N2O3. The maximum Gasteiger partial charge on any atom is 0.338 e. The fourth-order valence-electron chi connectivity index (χ4n) is 3.82. The van der Waals surface area contributed by atoms with Crippen molar-refractivity contribution < 1.29 is 14.3 Å². The number of anilines is 1. The van der Waals surface area contributed by atoms with Gasteiger partial charge in [0.05, 0.1) is 12.2 Å². The van der Waals surface area contributed by atoms with Crippen LogP contribution < -0.4 is 15.6 Å². The summed E-state index contributed by atoms with van der Waals surface area (Å²) in [6.45, 7) is 2.96. The molecule has 4 rings (SSSR count). The molecule has 0 aromatic heterocycles. The highest BCUT2D eigenvalue weighted by Crippen LogP contribution is 2.26. The number of carbonyl (C=O) groups excluding carboxylic acids is 1. The number of hydrogen-bond acceptors (Lipinski definition) is 5. The van der Waals surface area contributed by atoms with Crippen molar-refractivity contribution in [2.24, 2.45) is 0 Å². The van der Waals surface area contributed by atoms with E-state index in [1.54, 1.807) is 12.1 Å². The number of benzene rings is 4. The monoisotopic (exact) mass is 480 g/mol. The van der Waals surface area contributed by atoms with Crippen LogP contribution in [0.15, 0.2) is 109 Å². The van der Waals surface area contributed by atoms with Crippen LogP contribution in [-0.2, 0) is 17.8 Å². The van der Waals surface area contributed by atoms with E-state index in [9.17, 15) is 4.79 Å². The van der Waals surface area contributed by atoms with Crippen LogP contribution in [0, 0.1) is 0 Å². The molecule has 0 bridgehead atoms. The predicted molar refractivity (Wildman–Crippen MR) is 144 cm³/mol. The van der Waals surface area contributed by atoms with E-state index in [-0.39, 0.29) is 12.0 Å². The first kappa shape index (κ1) is 25.0. The van der Waals surface area contributed by atoms with E-state index < -0.39 is 0 Å². The summed E-state index contributed by atoms with van der Waals surface area (Å²) >= 11 is 0. The summed E-state index contributed by atoms with van der Waals surface area (Å²) in [4.78, 5) is 12.3. The number of para-hydroxylation sites is 1. The maximum atomic E-state index is 12.3. The molecule has 0 aliphatic carbocycles. The molecule has 5 heteroatoms. The molecule has 2 N–H and O–H groups in total. The van der Waals surface area contributed by atoms with E-state index in [1.165, 1.54) is 0 Å². The molecule has 36 heavy (non-hydrogen) atoms. The Labute approximate surface area is 213 Å². The average molecular weight is 481 g/mol. The summed E-state index contributed by atoms with van der Waals surface area (Å²) in [6.07, 6.45) is 1.44. The summed E-state index contributed by atoms with van der Waals surface area (Å²) in [7, 11) is 0. The van der Waals surface area contributed by atoms with E-state index in [1.807, 2.05) is 72.8 Å². The Morgan fingerprint density at radius 1 is 0.833 bits per heavy atom. The Morgan fingerprint density at radius 3 is 2.22 bits per heavy atom. The Hall–Kier alpha value is -4.09. The van der Waals surface area contributed by atoms with E-state index in [0.29, 0.717) is 25.2 Å². The zero-order chi connectivity index (χ0) is 25.0. The fraction of sp³-hybridized carbons (Fsp3) is 0.194. The van der Waals surface area contributed by atoms with Crippen molar-refractivity contribution in [3.8, 4) is 5.75 Å². The number of hydrazine groups is 1. The molecule has 1 atom stereocenters. The van der Waals surface area contributed by atoms with Gasteiger partial charge in [-0.15, -0.1) is 0 Å². The van der Waals surface area contributed by atoms with Gasteiger partial charge in [0, 0.05) is 11.7 Å². The molecule has 0 aliphatic rings. The molecule has 0 heterocycles. The minimum absolute atomic E-state index is 0.0723. The average Bonchev–Trinajstić information content (AvgIpc) is 2.94. The van der Waals surface area contributed by atoms with Gasteiger partial charge < -0.3 is 14.9 Å². The van der Waals surface area contributed by atoms with Gasteiger partial charge in [0.1, 0.15) is 12.4 Å². The van der Waals surface area contributed by atoms with Crippen LogP contribution in [0.1, 0.15) is 46.4 Å². The third-order valence-electron chi connectivity index (χ3n) is 5.86. The molecule has 0 spiro atoms. The van der Waals surface area contributed by atoms with Crippen molar-refractivity contribution in [3.63, 3.8) is 0 Å². The lowest BCUT2D eigenvalue weighted by molar-refractivity contribution is 0.0500. The van der Waals surface area contributed by atoms with Gasteiger partial charge in [0.15, 0.2) is 0 Å². The van der Waals surface area contributed by atoms with Gasteiger partial charge >= 0.3 is 5.97 Å². The summed E-state index contributed by atoms with van der Waals surface area (Å²) < 4.78 is 11.7. The summed E-state index contributed by atoms with van der Waals surface area (Å²) in [5.74, 6) is 0.551.